The van der Waals surface area contributed by atoms with Crippen LogP contribution in [-0.4, -0.2) is 67.1 Å². The van der Waals surface area contributed by atoms with Gasteiger partial charge in [-0.25, -0.2) is 4.98 Å². The quantitative estimate of drug-likeness (QED) is 0.488. The van der Waals surface area contributed by atoms with Gasteiger partial charge in [0.2, 0.25) is 0 Å². The lowest BCUT2D eigenvalue weighted by Crippen LogP contribution is -2.49. The molecule has 1 amide bonds. The Labute approximate surface area is 176 Å². The molecule has 0 spiro atoms. The van der Waals surface area contributed by atoms with Gasteiger partial charge in [0.15, 0.2) is 0 Å². The van der Waals surface area contributed by atoms with Crippen molar-refractivity contribution < 1.29 is 14.3 Å². The van der Waals surface area contributed by atoms with Crippen LogP contribution in [0.3, 0.4) is 0 Å². The number of benzene rings is 1. The van der Waals surface area contributed by atoms with E-state index >= 15 is 0 Å². The fourth-order valence-corrected chi connectivity index (χ4v) is 3.56. The maximum Gasteiger partial charge on any atom is 0.257 e. The second-order valence-electron chi connectivity index (χ2n) is 6.82. The molecule has 1 saturated heterocycles. The molecule has 1 aromatic carbocycles. The Morgan fingerprint density at radius 1 is 1.28 bits per heavy atom. The molecule has 0 saturated carbocycles. The summed E-state index contributed by atoms with van der Waals surface area (Å²) in [6.45, 7) is 7.75. The highest BCUT2D eigenvalue weighted by molar-refractivity contribution is 6.32. The van der Waals surface area contributed by atoms with Crippen molar-refractivity contribution in [1.29, 1.82) is 0 Å². The SMILES string of the molecule is C=CCO[C@@H](CN1CCN(C(=O)c2cccnc2Cl)CC1)c1cccc(OC)c1. The lowest BCUT2D eigenvalue weighted by molar-refractivity contribution is 0.0244. The molecule has 0 bridgehead atoms. The van der Waals surface area contributed by atoms with Crippen molar-refractivity contribution >= 4 is 17.5 Å². The number of aromatic nitrogens is 1. The number of piperazine rings is 1. The topological polar surface area (TPSA) is 54.9 Å². The molecule has 1 aliphatic rings. The Hall–Kier alpha value is -2.41. The Bertz CT molecular complexity index is 838. The average Bonchev–Trinajstić information content (AvgIpc) is 2.77. The predicted molar refractivity (Wildman–Crippen MR) is 113 cm³/mol. The van der Waals surface area contributed by atoms with E-state index in [1.807, 2.05) is 29.2 Å². The zero-order valence-electron chi connectivity index (χ0n) is 16.6. The molecule has 1 aliphatic heterocycles. The summed E-state index contributed by atoms with van der Waals surface area (Å²) in [5.74, 6) is 0.730. The Morgan fingerprint density at radius 3 is 2.76 bits per heavy atom. The third-order valence-corrected chi connectivity index (χ3v) is 5.26. The molecule has 3 rings (SSSR count). The Kier molecular flexibility index (Phi) is 7.63. The lowest BCUT2D eigenvalue weighted by atomic mass is 10.1. The number of hydrogen-bond donors (Lipinski definition) is 0. The molecule has 2 aromatic rings. The second kappa shape index (κ2) is 10.4. The number of rotatable bonds is 8. The molecule has 2 heterocycles. The third-order valence-electron chi connectivity index (χ3n) is 4.95. The molecule has 0 aliphatic carbocycles. The number of halogens is 1. The van der Waals surface area contributed by atoms with Crippen molar-refractivity contribution in [3.63, 3.8) is 0 Å². The first kappa shape index (κ1) is 21.3. The average molecular weight is 416 g/mol. The summed E-state index contributed by atoms with van der Waals surface area (Å²) < 4.78 is 11.4. The highest BCUT2D eigenvalue weighted by Gasteiger charge is 2.26. The van der Waals surface area contributed by atoms with Crippen LogP contribution in [0.15, 0.2) is 55.3 Å². The van der Waals surface area contributed by atoms with Crippen molar-refractivity contribution in [3.05, 3.63) is 71.5 Å². The van der Waals surface area contributed by atoms with Gasteiger partial charge in [0.05, 0.1) is 25.4 Å². The molecule has 154 valence electrons. The highest BCUT2D eigenvalue weighted by Crippen LogP contribution is 2.24. The fraction of sp³-hybridized carbons (Fsp3) is 0.364. The zero-order chi connectivity index (χ0) is 20.6. The summed E-state index contributed by atoms with van der Waals surface area (Å²) >= 11 is 6.07. The van der Waals surface area contributed by atoms with Crippen LogP contribution in [0, 0.1) is 0 Å². The van der Waals surface area contributed by atoms with Crippen LogP contribution in [0.2, 0.25) is 5.15 Å². The monoisotopic (exact) mass is 415 g/mol. The molecule has 7 heteroatoms. The van der Waals surface area contributed by atoms with Gasteiger partial charge in [-0.3, -0.25) is 9.69 Å². The van der Waals surface area contributed by atoms with E-state index in [4.69, 9.17) is 21.1 Å². The Morgan fingerprint density at radius 2 is 2.07 bits per heavy atom. The van der Waals surface area contributed by atoms with E-state index in [9.17, 15) is 4.79 Å². The fourth-order valence-electron chi connectivity index (χ4n) is 3.36. The first-order chi connectivity index (χ1) is 14.1. The van der Waals surface area contributed by atoms with Crippen molar-refractivity contribution in [2.24, 2.45) is 0 Å². The number of amides is 1. The van der Waals surface area contributed by atoms with Gasteiger partial charge in [0, 0.05) is 38.9 Å². The van der Waals surface area contributed by atoms with Gasteiger partial charge in [-0.15, -0.1) is 6.58 Å². The van der Waals surface area contributed by atoms with Crippen molar-refractivity contribution in [2.45, 2.75) is 6.10 Å². The van der Waals surface area contributed by atoms with Crippen LogP contribution < -0.4 is 4.74 Å². The number of carbonyl (C=O) groups is 1. The summed E-state index contributed by atoms with van der Waals surface area (Å²) in [5.41, 5.74) is 1.51. The van der Waals surface area contributed by atoms with E-state index in [-0.39, 0.29) is 17.2 Å². The molecule has 0 radical (unpaired) electrons. The first-order valence-electron chi connectivity index (χ1n) is 9.61. The van der Waals surface area contributed by atoms with Gasteiger partial charge < -0.3 is 14.4 Å². The van der Waals surface area contributed by atoms with Gasteiger partial charge in [0.25, 0.3) is 5.91 Å². The zero-order valence-corrected chi connectivity index (χ0v) is 17.3. The summed E-state index contributed by atoms with van der Waals surface area (Å²) in [7, 11) is 1.66. The van der Waals surface area contributed by atoms with E-state index in [1.54, 1.807) is 31.5 Å². The number of pyridine rings is 1. The molecule has 29 heavy (non-hydrogen) atoms. The molecular formula is C22H26ClN3O3. The molecule has 1 fully saturated rings. The summed E-state index contributed by atoms with van der Waals surface area (Å²) in [6.07, 6.45) is 3.23. The standard InChI is InChI=1S/C22H26ClN3O3/c1-3-14-29-20(17-6-4-7-18(15-17)28-2)16-25-10-12-26(13-11-25)22(27)19-8-5-9-24-21(19)23/h3-9,15,20H,1,10-14,16H2,2H3/t20-/m0/s1. The smallest absolute Gasteiger partial charge is 0.257 e. The van der Waals surface area contributed by atoms with E-state index in [2.05, 4.69) is 16.5 Å². The number of carbonyl (C=O) groups excluding carboxylic acids is 1. The Balaban J connectivity index is 1.61. The van der Waals surface area contributed by atoms with Gasteiger partial charge in [0.1, 0.15) is 10.9 Å². The largest absolute Gasteiger partial charge is 0.497 e. The van der Waals surface area contributed by atoms with Gasteiger partial charge >= 0.3 is 0 Å². The van der Waals surface area contributed by atoms with Crippen LogP contribution >= 0.6 is 11.6 Å². The van der Waals surface area contributed by atoms with E-state index in [0.29, 0.717) is 25.3 Å². The normalized spacial score (nSPS) is 15.7. The number of nitrogens with zero attached hydrogens (tertiary/aromatic N) is 3. The molecule has 1 atom stereocenters. The van der Waals surface area contributed by atoms with E-state index in [1.165, 1.54) is 0 Å². The van der Waals surface area contributed by atoms with Crippen LogP contribution in [0.4, 0.5) is 0 Å². The summed E-state index contributed by atoms with van der Waals surface area (Å²) in [6, 6.07) is 11.4. The van der Waals surface area contributed by atoms with E-state index < -0.39 is 0 Å². The lowest BCUT2D eigenvalue weighted by Gasteiger charge is -2.36. The minimum absolute atomic E-state index is 0.0741. The van der Waals surface area contributed by atoms with Crippen LogP contribution in [0.1, 0.15) is 22.0 Å². The minimum Gasteiger partial charge on any atom is -0.497 e. The van der Waals surface area contributed by atoms with Gasteiger partial charge in [-0.2, -0.15) is 0 Å². The molecule has 0 N–H and O–H groups in total. The summed E-state index contributed by atoms with van der Waals surface area (Å²) in [5, 5.41) is 0.246. The van der Waals surface area contributed by atoms with Crippen molar-refractivity contribution in [2.75, 3.05) is 46.4 Å². The molecular weight excluding hydrogens is 390 g/mol. The number of hydrogen-bond acceptors (Lipinski definition) is 5. The second-order valence-corrected chi connectivity index (χ2v) is 7.18. The van der Waals surface area contributed by atoms with Crippen molar-refractivity contribution in [3.8, 4) is 5.75 Å². The predicted octanol–water partition coefficient (Wildman–Crippen LogP) is 3.45. The first-order valence-corrected chi connectivity index (χ1v) is 9.98. The van der Waals surface area contributed by atoms with E-state index in [0.717, 1.165) is 30.9 Å². The third kappa shape index (κ3) is 5.56. The van der Waals surface area contributed by atoms with Crippen LogP contribution in [0.25, 0.3) is 0 Å². The van der Waals surface area contributed by atoms with Gasteiger partial charge in [-0.1, -0.05) is 29.8 Å². The van der Waals surface area contributed by atoms with Crippen molar-refractivity contribution in [1.82, 2.24) is 14.8 Å². The van der Waals surface area contributed by atoms with Crippen LogP contribution in [-0.2, 0) is 4.74 Å². The maximum atomic E-state index is 12.7. The molecule has 1 aromatic heterocycles. The van der Waals surface area contributed by atoms with Crippen LogP contribution in [0.5, 0.6) is 5.75 Å². The van der Waals surface area contributed by atoms with Gasteiger partial charge in [-0.05, 0) is 29.8 Å². The highest BCUT2D eigenvalue weighted by atomic mass is 35.5. The summed E-state index contributed by atoms with van der Waals surface area (Å²) in [4.78, 5) is 20.8. The number of ether oxygens (including phenoxy) is 2. The minimum atomic E-state index is -0.0990. The maximum absolute atomic E-state index is 12.7. The molecule has 6 nitrogen and oxygen atoms in total. The number of methoxy groups -OCH3 is 1. The molecule has 0 unspecified atom stereocenters.